The maximum atomic E-state index is 9.42. The van der Waals surface area contributed by atoms with Gasteiger partial charge in [-0.15, -0.1) is 0 Å². The van der Waals surface area contributed by atoms with E-state index in [0.29, 0.717) is 5.46 Å². The third kappa shape index (κ3) is 8.30. The number of unbranched alkanes of at least 4 members (excludes halogenated alkanes) is 3. The van der Waals surface area contributed by atoms with Crippen molar-refractivity contribution in [2.75, 3.05) is 0 Å². The quantitative estimate of drug-likeness (QED) is 0.563. The molecule has 0 aliphatic rings. The maximum absolute atomic E-state index is 9.42. The van der Waals surface area contributed by atoms with Crippen molar-refractivity contribution in [3.8, 4) is 11.1 Å². The predicted molar refractivity (Wildman–Crippen MR) is 110 cm³/mol. The van der Waals surface area contributed by atoms with E-state index in [0.717, 1.165) is 17.5 Å². The van der Waals surface area contributed by atoms with Crippen LogP contribution >= 0.6 is 0 Å². The van der Waals surface area contributed by atoms with E-state index >= 15 is 0 Å². The van der Waals surface area contributed by atoms with Crippen molar-refractivity contribution in [2.24, 2.45) is 0 Å². The Hall–Kier alpha value is -0.978. The molecule has 0 radical (unpaired) electrons. The average Bonchev–Trinajstić information content (AvgIpc) is 2.64. The van der Waals surface area contributed by atoms with Gasteiger partial charge in [0, 0.05) is 0 Å². The van der Waals surface area contributed by atoms with Crippen LogP contribution in [-0.4, -0.2) is 34.9 Å². The summed E-state index contributed by atoms with van der Waals surface area (Å²) in [4.78, 5) is 0. The third-order valence-corrected chi connectivity index (χ3v) is 4.28. The van der Waals surface area contributed by atoms with Crippen LogP contribution in [0, 0.1) is 0 Å². The Morgan fingerprint density at radius 2 is 1.48 bits per heavy atom. The summed E-state index contributed by atoms with van der Waals surface area (Å²) in [6.07, 6.45) is 7.57. The van der Waals surface area contributed by atoms with Gasteiger partial charge in [-0.25, -0.2) is 0 Å². The summed E-state index contributed by atoms with van der Waals surface area (Å²) >= 11 is 2.21. The van der Waals surface area contributed by atoms with E-state index in [1.165, 1.54) is 42.8 Å². The van der Waals surface area contributed by atoms with Crippen LogP contribution in [0.2, 0.25) is 5.09 Å². The summed E-state index contributed by atoms with van der Waals surface area (Å²) in [5.41, 5.74) is 3.78. The Kier molecular flexibility index (Phi) is 11.7. The van der Waals surface area contributed by atoms with Crippen molar-refractivity contribution in [1.82, 2.24) is 0 Å². The molecule has 0 saturated heterocycles. The predicted octanol–water partition coefficient (Wildman–Crippen LogP) is 4.14. The van der Waals surface area contributed by atoms with Crippen molar-refractivity contribution >= 4 is 30.3 Å². The summed E-state index contributed by atoms with van der Waals surface area (Å²) in [6, 6.07) is 15.8. The van der Waals surface area contributed by atoms with Crippen LogP contribution in [0.15, 0.2) is 48.5 Å². The van der Waals surface area contributed by atoms with Gasteiger partial charge in [0.1, 0.15) is 0 Å². The zero-order valence-corrected chi connectivity index (χ0v) is 16.0. The fourth-order valence-corrected chi connectivity index (χ4v) is 2.77. The minimum atomic E-state index is -1.43. The molecule has 25 heavy (non-hydrogen) atoms. The standard InChI is InChI=1S/C17H21BO2.C4H9.Li/c1-2-3-4-7-14-10-12-15(13-11-14)16-8-5-6-9-17(16)18(19)20;1-3-4-2;/h5-6,8-13,19-20H,2-4,7H2,1H3;1,3-4H2,2H3;. The van der Waals surface area contributed by atoms with Gasteiger partial charge >= 0.3 is 49.7 Å². The van der Waals surface area contributed by atoms with E-state index in [9.17, 15) is 10.0 Å². The Morgan fingerprint density at radius 1 is 0.840 bits per heavy atom. The molecule has 0 spiro atoms. The van der Waals surface area contributed by atoms with Gasteiger partial charge in [-0.1, -0.05) is 68.3 Å². The van der Waals surface area contributed by atoms with E-state index in [4.69, 9.17) is 0 Å². The molecule has 0 amide bonds. The van der Waals surface area contributed by atoms with Gasteiger partial charge in [-0.2, -0.15) is 0 Å². The van der Waals surface area contributed by atoms with Crippen molar-refractivity contribution in [2.45, 2.75) is 57.5 Å². The normalized spacial score (nSPS) is 10.2. The van der Waals surface area contributed by atoms with Crippen molar-refractivity contribution in [3.05, 3.63) is 54.1 Å². The first kappa shape index (κ1) is 22.1. The molecule has 2 aromatic rings. The molecule has 4 heteroatoms. The molecule has 0 aromatic heterocycles. The summed E-state index contributed by atoms with van der Waals surface area (Å²) in [7, 11) is -1.43. The van der Waals surface area contributed by atoms with E-state index in [1.807, 2.05) is 18.2 Å². The molecule has 0 heterocycles. The fourth-order valence-electron chi connectivity index (χ4n) is 2.77. The van der Waals surface area contributed by atoms with Crippen LogP contribution in [0.3, 0.4) is 0 Å². The van der Waals surface area contributed by atoms with Crippen LogP contribution < -0.4 is 5.46 Å². The van der Waals surface area contributed by atoms with Crippen LogP contribution in [0.5, 0.6) is 0 Å². The zero-order valence-electron chi connectivity index (χ0n) is 16.0. The number of benzene rings is 2. The molecule has 0 saturated carbocycles. The Labute approximate surface area is 163 Å². The van der Waals surface area contributed by atoms with Gasteiger partial charge in [-0.3, -0.25) is 0 Å². The molecular formula is C21H30BLiO2. The molecule has 0 unspecified atom stereocenters. The van der Waals surface area contributed by atoms with Gasteiger partial charge in [0.2, 0.25) is 0 Å². The molecular weight excluding hydrogens is 302 g/mol. The Morgan fingerprint density at radius 3 is 2.00 bits per heavy atom. The van der Waals surface area contributed by atoms with E-state index < -0.39 is 7.12 Å². The summed E-state index contributed by atoms with van der Waals surface area (Å²) in [5, 5.41) is 20.2. The molecule has 0 aliphatic carbocycles. The molecule has 0 aliphatic heterocycles. The molecule has 2 rings (SSSR count). The monoisotopic (exact) mass is 332 g/mol. The Balaban J connectivity index is 0.000000550. The van der Waals surface area contributed by atoms with Crippen LogP contribution in [0.4, 0.5) is 0 Å². The van der Waals surface area contributed by atoms with E-state index in [1.54, 1.807) is 6.07 Å². The number of hydrogen-bond donors (Lipinski definition) is 2. The molecule has 0 bridgehead atoms. The molecule has 2 N–H and O–H groups in total. The molecule has 130 valence electrons. The van der Waals surface area contributed by atoms with Crippen molar-refractivity contribution in [1.29, 1.82) is 0 Å². The first-order valence-corrected chi connectivity index (χ1v) is 9.68. The summed E-state index contributed by atoms with van der Waals surface area (Å²) < 4.78 is 0. The van der Waals surface area contributed by atoms with E-state index in [-0.39, 0.29) is 0 Å². The van der Waals surface area contributed by atoms with Crippen LogP contribution in [-0.2, 0) is 6.42 Å². The molecule has 0 atom stereocenters. The van der Waals surface area contributed by atoms with Crippen molar-refractivity contribution < 1.29 is 10.0 Å². The van der Waals surface area contributed by atoms with Gasteiger partial charge in [-0.05, 0) is 35.0 Å². The second-order valence-electron chi connectivity index (χ2n) is 6.47. The SMILES string of the molecule is CCCCCc1ccc(-c2ccccc2B(O)O)cc1.[Li][CH2]CCC. The van der Waals surface area contributed by atoms with Crippen molar-refractivity contribution in [3.63, 3.8) is 0 Å². The van der Waals surface area contributed by atoms with E-state index in [2.05, 4.69) is 55.8 Å². The number of rotatable bonds is 8. The second kappa shape index (κ2) is 13.3. The fraction of sp³-hybridized carbons (Fsp3) is 0.429. The van der Waals surface area contributed by atoms with Gasteiger partial charge in [0.15, 0.2) is 0 Å². The first-order chi connectivity index (χ1) is 12.1. The average molecular weight is 332 g/mol. The second-order valence-corrected chi connectivity index (χ2v) is 6.47. The van der Waals surface area contributed by atoms with Gasteiger partial charge in [0.05, 0.1) is 0 Å². The minimum absolute atomic E-state index is 0.547. The molecule has 2 nitrogen and oxygen atoms in total. The Bertz CT molecular complexity index is 583. The number of hydrogen-bond acceptors (Lipinski definition) is 2. The van der Waals surface area contributed by atoms with Crippen LogP contribution in [0.1, 0.15) is 51.5 Å². The topological polar surface area (TPSA) is 40.5 Å². The molecule has 0 fully saturated rings. The summed E-state index contributed by atoms with van der Waals surface area (Å²) in [6.45, 7) is 4.42. The van der Waals surface area contributed by atoms with Gasteiger partial charge in [0.25, 0.3) is 0 Å². The molecule has 2 aromatic carbocycles. The summed E-state index contributed by atoms with van der Waals surface area (Å²) in [5.74, 6) is 0. The van der Waals surface area contributed by atoms with Crippen LogP contribution in [0.25, 0.3) is 11.1 Å². The number of aryl methyl sites for hydroxylation is 1. The first-order valence-electron chi connectivity index (χ1n) is 9.68. The zero-order chi connectivity index (χ0) is 18.5. The third-order valence-electron chi connectivity index (χ3n) is 4.28. The van der Waals surface area contributed by atoms with Gasteiger partial charge < -0.3 is 10.0 Å².